The van der Waals surface area contributed by atoms with Gasteiger partial charge in [-0.2, -0.15) is 11.3 Å². The van der Waals surface area contributed by atoms with E-state index in [0.717, 1.165) is 24.5 Å². The number of thiazole rings is 1. The summed E-state index contributed by atoms with van der Waals surface area (Å²) in [5.41, 5.74) is 1.23. The van der Waals surface area contributed by atoms with E-state index in [9.17, 15) is 4.79 Å². The number of rotatable bonds is 6. The van der Waals surface area contributed by atoms with Crippen molar-refractivity contribution >= 4 is 28.6 Å². The Labute approximate surface area is 137 Å². The molecule has 0 saturated carbocycles. The summed E-state index contributed by atoms with van der Waals surface area (Å²) >= 11 is 3.26. The predicted octanol–water partition coefficient (Wildman–Crippen LogP) is 1.94. The third kappa shape index (κ3) is 4.36. The molecule has 0 spiro atoms. The molecule has 1 aliphatic rings. The Morgan fingerprint density at radius 3 is 2.95 bits per heavy atom. The minimum atomic E-state index is -0.0526. The van der Waals surface area contributed by atoms with E-state index in [1.54, 1.807) is 28.9 Å². The highest BCUT2D eigenvalue weighted by Gasteiger charge is 2.20. The quantitative estimate of drug-likeness (QED) is 0.875. The van der Waals surface area contributed by atoms with E-state index in [1.165, 1.54) is 5.56 Å². The highest BCUT2D eigenvalue weighted by molar-refractivity contribution is 7.09. The number of carbonyl (C=O) groups excluding carboxylic acids is 1. The molecule has 7 heteroatoms. The number of nitrogens with one attached hydrogen (secondary N) is 1. The molecule has 3 heterocycles. The number of morpholine rings is 1. The monoisotopic (exact) mass is 337 g/mol. The van der Waals surface area contributed by atoms with Crippen molar-refractivity contribution in [3.63, 3.8) is 0 Å². The van der Waals surface area contributed by atoms with Gasteiger partial charge >= 0.3 is 0 Å². The standard InChI is InChI=1S/C15H19N3O2S2/c19-14(10-18-3-5-20-6-4-18)17-13(15-16-2-8-22-15)9-12-1-7-21-11-12/h1-2,7-8,11,13H,3-6,9-10H2,(H,17,19)/t13-/m1/s1. The highest BCUT2D eigenvalue weighted by atomic mass is 32.1. The molecule has 0 radical (unpaired) electrons. The molecule has 0 aliphatic carbocycles. The largest absolute Gasteiger partial charge is 0.379 e. The summed E-state index contributed by atoms with van der Waals surface area (Å²) in [6.07, 6.45) is 2.57. The van der Waals surface area contributed by atoms with Crippen molar-refractivity contribution in [2.24, 2.45) is 0 Å². The molecule has 118 valence electrons. The highest BCUT2D eigenvalue weighted by Crippen LogP contribution is 2.21. The van der Waals surface area contributed by atoms with E-state index in [2.05, 4.69) is 32.0 Å². The fourth-order valence-corrected chi connectivity index (χ4v) is 3.82. The van der Waals surface area contributed by atoms with Crippen LogP contribution in [0.25, 0.3) is 0 Å². The van der Waals surface area contributed by atoms with Crippen molar-refractivity contribution in [1.82, 2.24) is 15.2 Å². The summed E-state index contributed by atoms with van der Waals surface area (Å²) in [5, 5.41) is 10.2. The molecule has 2 aromatic heterocycles. The van der Waals surface area contributed by atoms with Gasteiger partial charge in [0.1, 0.15) is 5.01 Å². The van der Waals surface area contributed by atoms with Gasteiger partial charge in [0.05, 0.1) is 25.8 Å². The molecule has 1 fully saturated rings. The molecular formula is C15H19N3O2S2. The van der Waals surface area contributed by atoms with Crippen LogP contribution in [0.5, 0.6) is 0 Å². The van der Waals surface area contributed by atoms with Gasteiger partial charge in [0.15, 0.2) is 0 Å². The smallest absolute Gasteiger partial charge is 0.234 e. The van der Waals surface area contributed by atoms with Crippen LogP contribution < -0.4 is 5.32 Å². The van der Waals surface area contributed by atoms with Crippen molar-refractivity contribution < 1.29 is 9.53 Å². The lowest BCUT2D eigenvalue weighted by Crippen LogP contribution is -2.44. The summed E-state index contributed by atoms with van der Waals surface area (Å²) in [7, 11) is 0. The summed E-state index contributed by atoms with van der Waals surface area (Å²) in [6, 6.07) is 2.04. The van der Waals surface area contributed by atoms with Gasteiger partial charge in [-0.25, -0.2) is 4.98 Å². The molecule has 22 heavy (non-hydrogen) atoms. The summed E-state index contributed by atoms with van der Waals surface area (Å²) < 4.78 is 5.31. The molecule has 1 amide bonds. The van der Waals surface area contributed by atoms with Gasteiger partial charge < -0.3 is 10.1 Å². The number of ether oxygens (including phenoxy) is 1. The van der Waals surface area contributed by atoms with Crippen LogP contribution in [-0.4, -0.2) is 48.6 Å². The Hall–Kier alpha value is -1.28. The van der Waals surface area contributed by atoms with Crippen LogP contribution in [0.1, 0.15) is 16.6 Å². The van der Waals surface area contributed by atoms with E-state index < -0.39 is 0 Å². The van der Waals surface area contributed by atoms with Crippen LogP contribution in [0.3, 0.4) is 0 Å². The average Bonchev–Trinajstić information content (AvgIpc) is 3.21. The van der Waals surface area contributed by atoms with Crippen molar-refractivity contribution in [3.05, 3.63) is 39.0 Å². The van der Waals surface area contributed by atoms with E-state index in [-0.39, 0.29) is 11.9 Å². The van der Waals surface area contributed by atoms with E-state index in [4.69, 9.17) is 4.74 Å². The molecule has 3 rings (SSSR count). The maximum atomic E-state index is 12.3. The summed E-state index contributed by atoms with van der Waals surface area (Å²) in [6.45, 7) is 3.48. The summed E-state index contributed by atoms with van der Waals surface area (Å²) in [5.74, 6) is 0.0531. The number of hydrogen-bond donors (Lipinski definition) is 1. The van der Waals surface area contributed by atoms with Crippen LogP contribution in [-0.2, 0) is 16.0 Å². The second-order valence-electron chi connectivity index (χ2n) is 5.21. The Balaban J connectivity index is 1.60. The second kappa shape index (κ2) is 7.82. The molecule has 1 saturated heterocycles. The van der Waals surface area contributed by atoms with Crippen molar-refractivity contribution in [1.29, 1.82) is 0 Å². The van der Waals surface area contributed by atoms with Crippen LogP contribution in [0.2, 0.25) is 0 Å². The fraction of sp³-hybridized carbons (Fsp3) is 0.467. The average molecular weight is 337 g/mol. The SMILES string of the molecule is O=C(CN1CCOCC1)N[C@H](Cc1ccsc1)c1nccs1. The Bertz CT molecular complexity index is 566. The minimum Gasteiger partial charge on any atom is -0.379 e. The number of carbonyl (C=O) groups is 1. The topological polar surface area (TPSA) is 54.5 Å². The molecule has 0 aromatic carbocycles. The predicted molar refractivity (Wildman–Crippen MR) is 88.3 cm³/mol. The number of amides is 1. The van der Waals surface area contributed by atoms with Crippen molar-refractivity contribution in [3.8, 4) is 0 Å². The van der Waals surface area contributed by atoms with Crippen LogP contribution in [0.15, 0.2) is 28.4 Å². The van der Waals surface area contributed by atoms with Crippen molar-refractivity contribution in [2.45, 2.75) is 12.5 Å². The Kier molecular flexibility index (Phi) is 5.55. The maximum Gasteiger partial charge on any atom is 0.234 e. The first kappa shape index (κ1) is 15.6. The molecule has 1 N–H and O–H groups in total. The lowest BCUT2D eigenvalue weighted by atomic mass is 10.1. The lowest BCUT2D eigenvalue weighted by Gasteiger charge is -2.26. The van der Waals surface area contributed by atoms with Gasteiger partial charge in [0.25, 0.3) is 0 Å². The van der Waals surface area contributed by atoms with Gasteiger partial charge in [0, 0.05) is 31.1 Å². The van der Waals surface area contributed by atoms with Gasteiger partial charge in [0.2, 0.25) is 5.91 Å². The molecular weight excluding hydrogens is 318 g/mol. The van der Waals surface area contributed by atoms with Crippen LogP contribution in [0, 0.1) is 0 Å². The molecule has 0 unspecified atom stereocenters. The normalized spacial score (nSPS) is 17.3. The first-order chi connectivity index (χ1) is 10.8. The van der Waals surface area contributed by atoms with E-state index in [1.807, 2.05) is 5.38 Å². The van der Waals surface area contributed by atoms with Crippen LogP contribution >= 0.6 is 22.7 Å². The van der Waals surface area contributed by atoms with Gasteiger partial charge in [-0.15, -0.1) is 11.3 Å². The summed E-state index contributed by atoms with van der Waals surface area (Å²) in [4.78, 5) is 18.8. The van der Waals surface area contributed by atoms with Crippen LogP contribution in [0.4, 0.5) is 0 Å². The third-order valence-corrected chi connectivity index (χ3v) is 5.20. The number of hydrogen-bond acceptors (Lipinski definition) is 6. The third-order valence-electron chi connectivity index (χ3n) is 3.58. The van der Waals surface area contributed by atoms with Gasteiger partial charge in [-0.05, 0) is 22.4 Å². The van der Waals surface area contributed by atoms with E-state index >= 15 is 0 Å². The molecule has 5 nitrogen and oxygen atoms in total. The first-order valence-corrected chi connectivity index (χ1v) is 9.13. The number of nitrogens with zero attached hydrogens (tertiary/aromatic N) is 2. The van der Waals surface area contributed by atoms with Crippen molar-refractivity contribution in [2.75, 3.05) is 32.8 Å². The Morgan fingerprint density at radius 1 is 1.41 bits per heavy atom. The van der Waals surface area contributed by atoms with E-state index in [0.29, 0.717) is 19.8 Å². The zero-order valence-electron chi connectivity index (χ0n) is 12.2. The maximum absolute atomic E-state index is 12.3. The first-order valence-electron chi connectivity index (χ1n) is 7.31. The molecule has 0 bridgehead atoms. The lowest BCUT2D eigenvalue weighted by molar-refractivity contribution is -0.124. The molecule has 2 aromatic rings. The van der Waals surface area contributed by atoms with Gasteiger partial charge in [-0.3, -0.25) is 9.69 Å². The minimum absolute atomic E-state index is 0.0526. The molecule has 1 aliphatic heterocycles. The number of aromatic nitrogens is 1. The number of thiophene rings is 1. The Morgan fingerprint density at radius 2 is 2.27 bits per heavy atom. The second-order valence-corrected chi connectivity index (χ2v) is 6.92. The molecule has 1 atom stereocenters. The fourth-order valence-electron chi connectivity index (χ4n) is 2.45. The zero-order chi connectivity index (χ0) is 15.2. The van der Waals surface area contributed by atoms with Gasteiger partial charge in [-0.1, -0.05) is 0 Å². The zero-order valence-corrected chi connectivity index (χ0v) is 13.9.